The summed E-state index contributed by atoms with van der Waals surface area (Å²) in [5.41, 5.74) is 0.0127. The van der Waals surface area contributed by atoms with Gasteiger partial charge in [0.2, 0.25) is 0 Å². The second-order valence-corrected chi connectivity index (χ2v) is 2.72. The molecule has 0 aliphatic rings. The fraction of sp³-hybridized carbons (Fsp3) is 0. The van der Waals surface area contributed by atoms with Crippen molar-refractivity contribution in [2.24, 2.45) is 0 Å². The van der Waals surface area contributed by atoms with Gasteiger partial charge in [-0.25, -0.2) is 0 Å². The first kappa shape index (κ1) is 11.0. The zero-order valence-electron chi connectivity index (χ0n) is 8.10. The van der Waals surface area contributed by atoms with E-state index in [0.717, 1.165) is 0 Å². The van der Waals surface area contributed by atoms with Gasteiger partial charge in [0.15, 0.2) is 0 Å². The molecule has 1 aromatic rings. The summed E-state index contributed by atoms with van der Waals surface area (Å²) >= 11 is 0. The molecule has 0 spiro atoms. The van der Waals surface area contributed by atoms with Gasteiger partial charge in [-0.15, -0.1) is 0 Å². The molecular weight excluding hydrogens is 200 g/mol. The summed E-state index contributed by atoms with van der Waals surface area (Å²) in [6, 6.07) is 9.75. The molecule has 0 aliphatic carbocycles. The van der Waals surface area contributed by atoms with Crippen molar-refractivity contribution in [1.82, 2.24) is 0 Å². The highest BCUT2D eigenvalue weighted by Crippen LogP contribution is 1.95. The molecule has 0 bridgehead atoms. The van der Waals surface area contributed by atoms with Crippen LogP contribution in [0, 0.1) is 35.8 Å². The molecule has 0 atom stereocenters. The third-order valence-corrected chi connectivity index (χ3v) is 1.87. The van der Waals surface area contributed by atoms with Crippen molar-refractivity contribution in [2.75, 3.05) is 0 Å². The van der Waals surface area contributed by atoms with E-state index in [0.29, 0.717) is 10.4 Å². The van der Waals surface area contributed by atoms with Gasteiger partial charge in [-0.1, -0.05) is 24.3 Å². The molecule has 4 heteroatoms. The van der Waals surface area contributed by atoms with Gasteiger partial charge in [0.1, 0.15) is 30.9 Å². The van der Waals surface area contributed by atoms with E-state index in [1.807, 2.05) is 0 Å². The lowest BCUT2D eigenvalue weighted by molar-refractivity contribution is 1.47. The topological polar surface area (TPSA) is 56.3 Å². The minimum absolute atomic E-state index is 0.0127. The smallest absolute Gasteiger partial charge is 0.192 e. The summed E-state index contributed by atoms with van der Waals surface area (Å²) in [6.07, 6.45) is 0. The second-order valence-electron chi connectivity index (χ2n) is 2.72. The Kier molecular flexibility index (Phi) is 3.41. The number of rotatable bonds is 0. The third kappa shape index (κ3) is 2.05. The van der Waals surface area contributed by atoms with E-state index >= 15 is 0 Å². The molecule has 0 aliphatic heterocycles. The highest BCUT2D eigenvalue weighted by molar-refractivity contribution is 5.72. The summed E-state index contributed by atoms with van der Waals surface area (Å²) in [6.45, 7) is 13.5. The average Bonchev–Trinajstić information content (AvgIpc) is 2.34. The largest absolute Gasteiger partial charge is 0.526 e. The van der Waals surface area contributed by atoms with Crippen LogP contribution in [0.1, 0.15) is 0 Å². The van der Waals surface area contributed by atoms with Crippen molar-refractivity contribution in [3.8, 4) is 12.1 Å². The Labute approximate surface area is 92.2 Å². The molecule has 0 saturated carbocycles. The normalized spacial score (nSPS) is 7.75. The second kappa shape index (κ2) is 4.97. The van der Waals surface area contributed by atoms with Crippen molar-refractivity contribution < 1.29 is 0 Å². The molecule has 1 aromatic carbocycles. The highest BCUT2D eigenvalue weighted by Gasteiger charge is 2.02. The maximum absolute atomic E-state index is 8.64. The van der Waals surface area contributed by atoms with Crippen LogP contribution in [0.3, 0.4) is 0 Å². The van der Waals surface area contributed by atoms with E-state index in [2.05, 4.69) is 9.69 Å². The Bertz CT molecular complexity index is 581. The molecule has 0 aromatic heterocycles. The summed E-state index contributed by atoms with van der Waals surface area (Å²) in [4.78, 5) is 6.13. The van der Waals surface area contributed by atoms with Crippen LogP contribution in [0.25, 0.3) is 21.1 Å². The zero-order chi connectivity index (χ0) is 12.0. The van der Waals surface area contributed by atoms with E-state index in [-0.39, 0.29) is 11.4 Å². The molecule has 16 heavy (non-hydrogen) atoms. The summed E-state index contributed by atoms with van der Waals surface area (Å²) in [5, 5.41) is 18.3. The van der Waals surface area contributed by atoms with Crippen LogP contribution >= 0.6 is 0 Å². The third-order valence-electron chi connectivity index (χ3n) is 1.87. The van der Waals surface area contributed by atoms with Crippen LogP contribution in [-0.2, 0) is 0 Å². The van der Waals surface area contributed by atoms with Gasteiger partial charge >= 0.3 is 5.82 Å². The van der Waals surface area contributed by atoms with Gasteiger partial charge in [0.05, 0.1) is 5.22 Å². The summed E-state index contributed by atoms with van der Waals surface area (Å²) in [7, 11) is 0. The summed E-state index contributed by atoms with van der Waals surface area (Å²) < 4.78 is 0. The predicted octanol–water partition coefficient (Wildman–Crippen LogP) is 0.789. The predicted molar refractivity (Wildman–Crippen MR) is 56.9 cm³/mol. The molecule has 0 unspecified atom stereocenters. The van der Waals surface area contributed by atoms with Gasteiger partial charge < -0.3 is 0 Å². The SMILES string of the molecule is [C-]#[N+]C([N+]#[C-])=c1ccc(=C(C#N)C#N)cc1. The van der Waals surface area contributed by atoms with E-state index in [1.54, 1.807) is 36.4 Å². The quantitative estimate of drug-likeness (QED) is 0.586. The zero-order valence-corrected chi connectivity index (χ0v) is 8.10. The van der Waals surface area contributed by atoms with Crippen LogP contribution in [0.15, 0.2) is 24.3 Å². The Morgan fingerprint density at radius 2 is 1.38 bits per heavy atom. The van der Waals surface area contributed by atoms with Gasteiger partial charge in [-0.2, -0.15) is 20.2 Å². The number of nitrogens with zero attached hydrogens (tertiary/aromatic N) is 4. The number of benzene rings is 1. The average molecular weight is 204 g/mol. The molecule has 0 heterocycles. The van der Waals surface area contributed by atoms with E-state index in [9.17, 15) is 0 Å². The molecule has 0 amide bonds. The summed E-state index contributed by atoms with van der Waals surface area (Å²) in [5.74, 6) is -0.0259. The molecule has 0 saturated heterocycles. The Morgan fingerprint density at radius 1 is 0.938 bits per heavy atom. The van der Waals surface area contributed by atoms with Crippen molar-refractivity contribution in [3.05, 3.63) is 57.5 Å². The fourth-order valence-corrected chi connectivity index (χ4v) is 1.09. The van der Waals surface area contributed by atoms with Crippen LogP contribution in [-0.4, -0.2) is 0 Å². The molecule has 0 N–H and O–H groups in total. The van der Waals surface area contributed by atoms with Crippen LogP contribution in [0.2, 0.25) is 0 Å². The first-order chi connectivity index (χ1) is 7.76. The van der Waals surface area contributed by atoms with E-state index in [4.69, 9.17) is 23.7 Å². The molecular formula is C12H4N4. The molecule has 72 valence electrons. The maximum atomic E-state index is 8.64. The van der Waals surface area contributed by atoms with Crippen molar-refractivity contribution in [3.63, 3.8) is 0 Å². The maximum Gasteiger partial charge on any atom is 0.526 e. The molecule has 1 rings (SSSR count). The van der Waals surface area contributed by atoms with Crippen LogP contribution in [0.4, 0.5) is 0 Å². The lowest BCUT2D eigenvalue weighted by Gasteiger charge is -1.85. The Hall–Kier alpha value is -3.08. The fourth-order valence-electron chi connectivity index (χ4n) is 1.09. The number of nitriles is 2. The lowest BCUT2D eigenvalue weighted by Crippen LogP contribution is -2.10. The van der Waals surface area contributed by atoms with Crippen LogP contribution < -0.4 is 10.4 Å². The lowest BCUT2D eigenvalue weighted by atomic mass is 10.2. The Morgan fingerprint density at radius 3 is 1.75 bits per heavy atom. The number of hydrogen-bond donors (Lipinski definition) is 0. The van der Waals surface area contributed by atoms with Gasteiger partial charge in [-0.3, -0.25) is 0 Å². The van der Waals surface area contributed by atoms with Gasteiger partial charge in [-0.05, 0) is 0 Å². The van der Waals surface area contributed by atoms with E-state index in [1.165, 1.54) is 0 Å². The van der Waals surface area contributed by atoms with Gasteiger partial charge in [0.25, 0.3) is 0 Å². The minimum atomic E-state index is -0.0259. The van der Waals surface area contributed by atoms with Crippen LogP contribution in [0.5, 0.6) is 0 Å². The molecule has 0 radical (unpaired) electrons. The van der Waals surface area contributed by atoms with Crippen molar-refractivity contribution >= 4 is 11.4 Å². The van der Waals surface area contributed by atoms with Gasteiger partial charge in [0, 0.05) is 5.22 Å². The van der Waals surface area contributed by atoms with E-state index < -0.39 is 0 Å². The van der Waals surface area contributed by atoms with Crippen molar-refractivity contribution in [1.29, 1.82) is 10.5 Å². The number of hydrogen-bond acceptors (Lipinski definition) is 2. The highest BCUT2D eigenvalue weighted by atomic mass is 14.9. The minimum Gasteiger partial charge on any atom is -0.192 e. The molecule has 4 nitrogen and oxygen atoms in total. The van der Waals surface area contributed by atoms with Crippen molar-refractivity contribution in [2.45, 2.75) is 0 Å². The first-order valence-corrected chi connectivity index (χ1v) is 4.16. The standard InChI is InChI=1S/C12H4N4/c1-15-12(16-2)10-5-3-9(4-6-10)11(7-13)8-14/h3-6H. The Balaban J connectivity index is 3.58. The molecule has 0 fully saturated rings. The first-order valence-electron chi connectivity index (χ1n) is 4.16. The monoisotopic (exact) mass is 204 g/mol.